The first-order valence-electron chi connectivity index (χ1n) is 7.20. The molecule has 0 atom stereocenters. The van der Waals surface area contributed by atoms with Crippen molar-refractivity contribution >= 4 is 5.52 Å². The number of likely N-dealkylation sites (N-methyl/N-ethyl adjacent to an activating group) is 1. The minimum atomic E-state index is -0.119. The highest BCUT2D eigenvalue weighted by molar-refractivity contribution is 5.56. The Hall–Kier alpha value is -1.35. The van der Waals surface area contributed by atoms with Crippen LogP contribution in [0.1, 0.15) is 31.2 Å². The molecule has 0 N–H and O–H groups in total. The fourth-order valence-corrected chi connectivity index (χ4v) is 3.22. The standard InChI is InChI=1S/C16H21FN2/c1-18(14-5-2-3-6-14)11-8-13-9-12-19-10-4-7-15(17)16(13)19/h4,7,9-10,12,14H,2-3,5-6,8,11H2,1H3. The number of hydrogen-bond donors (Lipinski definition) is 0. The summed E-state index contributed by atoms with van der Waals surface area (Å²) < 4.78 is 15.7. The van der Waals surface area contributed by atoms with Crippen LogP contribution in [0.15, 0.2) is 30.6 Å². The topological polar surface area (TPSA) is 7.65 Å². The summed E-state index contributed by atoms with van der Waals surface area (Å²) in [7, 11) is 2.20. The van der Waals surface area contributed by atoms with Crippen molar-refractivity contribution in [3.8, 4) is 0 Å². The molecule has 0 amide bonds. The highest BCUT2D eigenvalue weighted by Gasteiger charge is 2.19. The van der Waals surface area contributed by atoms with E-state index in [4.69, 9.17) is 0 Å². The van der Waals surface area contributed by atoms with Gasteiger partial charge in [-0.2, -0.15) is 0 Å². The van der Waals surface area contributed by atoms with Crippen molar-refractivity contribution in [2.45, 2.75) is 38.1 Å². The Bertz CT molecular complexity index is 555. The number of hydrogen-bond acceptors (Lipinski definition) is 1. The summed E-state index contributed by atoms with van der Waals surface area (Å²) in [5.74, 6) is -0.119. The molecule has 0 aromatic carbocycles. The quantitative estimate of drug-likeness (QED) is 0.816. The van der Waals surface area contributed by atoms with E-state index in [2.05, 4.69) is 11.9 Å². The lowest BCUT2D eigenvalue weighted by Gasteiger charge is -2.23. The van der Waals surface area contributed by atoms with Gasteiger partial charge in [-0.05, 0) is 50.1 Å². The van der Waals surface area contributed by atoms with Crippen LogP contribution in [0.3, 0.4) is 0 Å². The molecule has 3 rings (SSSR count). The Morgan fingerprint density at radius 2 is 2.05 bits per heavy atom. The molecular weight excluding hydrogens is 239 g/mol. The average Bonchev–Trinajstić information content (AvgIpc) is 3.06. The third-order valence-electron chi connectivity index (χ3n) is 4.40. The van der Waals surface area contributed by atoms with E-state index in [9.17, 15) is 4.39 Å². The van der Waals surface area contributed by atoms with Gasteiger partial charge in [-0.3, -0.25) is 0 Å². The van der Waals surface area contributed by atoms with Gasteiger partial charge < -0.3 is 9.30 Å². The number of pyridine rings is 1. The fraction of sp³-hybridized carbons (Fsp3) is 0.500. The van der Waals surface area contributed by atoms with E-state index >= 15 is 0 Å². The molecular formula is C16H21FN2. The summed E-state index contributed by atoms with van der Waals surface area (Å²) >= 11 is 0. The molecule has 2 heterocycles. The Morgan fingerprint density at radius 3 is 2.84 bits per heavy atom. The summed E-state index contributed by atoms with van der Waals surface area (Å²) in [6.45, 7) is 1.01. The maximum Gasteiger partial charge on any atom is 0.147 e. The van der Waals surface area contributed by atoms with Crippen molar-refractivity contribution in [2.24, 2.45) is 0 Å². The molecule has 0 aliphatic heterocycles. The van der Waals surface area contributed by atoms with E-state index in [0.717, 1.165) is 30.1 Å². The maximum atomic E-state index is 13.9. The smallest absolute Gasteiger partial charge is 0.147 e. The van der Waals surface area contributed by atoms with Crippen molar-refractivity contribution in [1.82, 2.24) is 9.30 Å². The van der Waals surface area contributed by atoms with Gasteiger partial charge in [0.1, 0.15) is 5.82 Å². The highest BCUT2D eigenvalue weighted by atomic mass is 19.1. The lowest BCUT2D eigenvalue weighted by molar-refractivity contribution is 0.249. The first-order valence-corrected chi connectivity index (χ1v) is 7.20. The minimum Gasteiger partial charge on any atom is -0.321 e. The SMILES string of the molecule is CN(CCc1ccn2cccc(F)c12)C1CCCC1. The molecule has 0 unspecified atom stereocenters. The van der Waals surface area contributed by atoms with Gasteiger partial charge in [0.25, 0.3) is 0 Å². The largest absolute Gasteiger partial charge is 0.321 e. The predicted octanol–water partition coefficient (Wildman–Crippen LogP) is 3.50. The Kier molecular flexibility index (Phi) is 3.56. The number of aromatic nitrogens is 1. The second-order valence-electron chi connectivity index (χ2n) is 5.62. The van der Waals surface area contributed by atoms with Crippen LogP contribution >= 0.6 is 0 Å². The van der Waals surface area contributed by atoms with E-state index in [1.54, 1.807) is 12.1 Å². The van der Waals surface area contributed by atoms with Crippen LogP contribution in [-0.2, 0) is 6.42 Å². The number of nitrogens with zero attached hydrogens (tertiary/aromatic N) is 2. The normalized spacial score (nSPS) is 16.8. The molecule has 0 saturated heterocycles. The number of fused-ring (bicyclic) bond motifs is 1. The van der Waals surface area contributed by atoms with Crippen LogP contribution in [0.25, 0.3) is 5.52 Å². The lowest BCUT2D eigenvalue weighted by Crippen LogP contribution is -2.30. The van der Waals surface area contributed by atoms with Gasteiger partial charge >= 0.3 is 0 Å². The molecule has 0 spiro atoms. The van der Waals surface area contributed by atoms with Crippen LogP contribution in [0.4, 0.5) is 4.39 Å². The molecule has 2 aromatic heterocycles. The van der Waals surface area contributed by atoms with Gasteiger partial charge in [0, 0.05) is 25.0 Å². The first-order chi connectivity index (χ1) is 9.25. The van der Waals surface area contributed by atoms with Gasteiger partial charge in [-0.25, -0.2) is 4.39 Å². The molecule has 2 nitrogen and oxygen atoms in total. The molecule has 0 bridgehead atoms. The number of halogens is 1. The lowest BCUT2D eigenvalue weighted by atomic mass is 10.1. The van der Waals surface area contributed by atoms with Crippen molar-refractivity contribution in [1.29, 1.82) is 0 Å². The van der Waals surface area contributed by atoms with Crippen LogP contribution in [0, 0.1) is 5.82 Å². The second-order valence-corrected chi connectivity index (χ2v) is 5.62. The molecule has 0 radical (unpaired) electrons. The Labute approximate surface area is 113 Å². The van der Waals surface area contributed by atoms with Crippen LogP contribution in [0.2, 0.25) is 0 Å². The molecule has 1 saturated carbocycles. The Balaban J connectivity index is 1.71. The summed E-state index contributed by atoms with van der Waals surface area (Å²) in [6.07, 6.45) is 10.1. The Morgan fingerprint density at radius 1 is 1.26 bits per heavy atom. The molecule has 2 aromatic rings. The zero-order valence-corrected chi connectivity index (χ0v) is 11.5. The summed E-state index contributed by atoms with van der Waals surface area (Å²) in [5.41, 5.74) is 1.85. The van der Waals surface area contributed by atoms with Crippen LogP contribution < -0.4 is 0 Å². The molecule has 19 heavy (non-hydrogen) atoms. The first kappa shape index (κ1) is 12.7. The molecule has 102 valence electrons. The van der Waals surface area contributed by atoms with Crippen LogP contribution in [-0.4, -0.2) is 28.9 Å². The third-order valence-corrected chi connectivity index (χ3v) is 4.40. The van der Waals surface area contributed by atoms with Gasteiger partial charge in [0.2, 0.25) is 0 Å². The fourth-order valence-electron chi connectivity index (χ4n) is 3.22. The highest BCUT2D eigenvalue weighted by Crippen LogP contribution is 2.23. The van der Waals surface area contributed by atoms with E-state index in [1.807, 2.05) is 22.9 Å². The third kappa shape index (κ3) is 2.52. The van der Waals surface area contributed by atoms with E-state index < -0.39 is 0 Å². The molecule has 1 aliphatic carbocycles. The van der Waals surface area contributed by atoms with E-state index in [0.29, 0.717) is 0 Å². The van der Waals surface area contributed by atoms with Crippen molar-refractivity contribution in [3.05, 3.63) is 42.0 Å². The maximum absolute atomic E-state index is 13.9. The summed E-state index contributed by atoms with van der Waals surface area (Å²) in [4.78, 5) is 2.44. The van der Waals surface area contributed by atoms with E-state index in [-0.39, 0.29) is 5.82 Å². The van der Waals surface area contributed by atoms with Crippen molar-refractivity contribution in [2.75, 3.05) is 13.6 Å². The zero-order chi connectivity index (χ0) is 13.2. The monoisotopic (exact) mass is 260 g/mol. The molecule has 3 heteroatoms. The summed E-state index contributed by atoms with van der Waals surface area (Å²) in [6, 6.07) is 6.07. The van der Waals surface area contributed by atoms with Crippen molar-refractivity contribution in [3.63, 3.8) is 0 Å². The van der Waals surface area contributed by atoms with Crippen molar-refractivity contribution < 1.29 is 4.39 Å². The van der Waals surface area contributed by atoms with Crippen LogP contribution in [0.5, 0.6) is 0 Å². The number of rotatable bonds is 4. The van der Waals surface area contributed by atoms with Gasteiger partial charge in [-0.15, -0.1) is 0 Å². The molecule has 1 aliphatic rings. The average molecular weight is 260 g/mol. The molecule has 1 fully saturated rings. The second kappa shape index (κ2) is 5.33. The van der Waals surface area contributed by atoms with Gasteiger partial charge in [0.15, 0.2) is 0 Å². The van der Waals surface area contributed by atoms with Gasteiger partial charge in [0.05, 0.1) is 5.52 Å². The minimum absolute atomic E-state index is 0.119. The van der Waals surface area contributed by atoms with Gasteiger partial charge in [-0.1, -0.05) is 12.8 Å². The predicted molar refractivity (Wildman–Crippen MR) is 75.9 cm³/mol. The summed E-state index contributed by atoms with van der Waals surface area (Å²) in [5, 5.41) is 0. The van der Waals surface area contributed by atoms with E-state index in [1.165, 1.54) is 25.7 Å². The zero-order valence-electron chi connectivity index (χ0n) is 11.5.